The minimum absolute atomic E-state index is 0.0691. The molecule has 0 aliphatic carbocycles. The standard InChI is InChI=1S/C21H18Cl2N2O4S/c1-2-29-20-11-9-16(13-19(20)24-21(26)14-6-4-3-5-7-14)30(27,28)25-18-10-8-15(22)12-17(18)23/h3-13,25H,2H2,1H3,(H,24,26). The van der Waals surface area contributed by atoms with E-state index in [0.29, 0.717) is 22.9 Å². The van der Waals surface area contributed by atoms with Crippen molar-refractivity contribution < 1.29 is 17.9 Å². The van der Waals surface area contributed by atoms with Crippen LogP contribution in [-0.2, 0) is 10.0 Å². The third kappa shape index (κ3) is 5.24. The summed E-state index contributed by atoms with van der Waals surface area (Å²) < 4.78 is 33.7. The van der Waals surface area contributed by atoms with Crippen molar-refractivity contribution in [2.45, 2.75) is 11.8 Å². The lowest BCUT2D eigenvalue weighted by molar-refractivity contribution is 0.102. The van der Waals surface area contributed by atoms with Crippen molar-refractivity contribution in [2.24, 2.45) is 0 Å². The molecule has 0 atom stereocenters. The van der Waals surface area contributed by atoms with Crippen LogP contribution in [0, 0.1) is 0 Å². The average Bonchev–Trinajstić information content (AvgIpc) is 2.72. The maximum Gasteiger partial charge on any atom is 0.262 e. The first-order chi connectivity index (χ1) is 14.3. The van der Waals surface area contributed by atoms with E-state index in [-0.39, 0.29) is 27.2 Å². The van der Waals surface area contributed by atoms with E-state index in [4.69, 9.17) is 27.9 Å². The van der Waals surface area contributed by atoms with Crippen LogP contribution in [0.1, 0.15) is 17.3 Å². The van der Waals surface area contributed by atoms with Gasteiger partial charge in [-0.3, -0.25) is 9.52 Å². The van der Waals surface area contributed by atoms with E-state index in [0.717, 1.165) is 0 Å². The fourth-order valence-electron chi connectivity index (χ4n) is 2.62. The van der Waals surface area contributed by atoms with Gasteiger partial charge in [0.15, 0.2) is 0 Å². The number of sulfonamides is 1. The highest BCUT2D eigenvalue weighted by atomic mass is 35.5. The molecule has 0 radical (unpaired) electrons. The molecule has 0 unspecified atom stereocenters. The second-order valence-corrected chi connectivity index (χ2v) is 8.67. The van der Waals surface area contributed by atoms with Crippen LogP contribution in [-0.4, -0.2) is 20.9 Å². The first-order valence-electron chi connectivity index (χ1n) is 8.91. The molecule has 0 aliphatic rings. The minimum Gasteiger partial charge on any atom is -0.492 e. The van der Waals surface area contributed by atoms with Gasteiger partial charge in [-0.15, -0.1) is 0 Å². The third-order valence-corrected chi connectivity index (χ3v) is 5.93. The minimum atomic E-state index is -3.99. The zero-order valence-electron chi connectivity index (χ0n) is 15.9. The van der Waals surface area contributed by atoms with Gasteiger partial charge >= 0.3 is 0 Å². The fourth-order valence-corrected chi connectivity index (χ4v) is 4.23. The fraction of sp³-hybridized carbons (Fsp3) is 0.0952. The lowest BCUT2D eigenvalue weighted by Gasteiger charge is -2.15. The highest BCUT2D eigenvalue weighted by Gasteiger charge is 2.19. The molecule has 30 heavy (non-hydrogen) atoms. The molecule has 1 amide bonds. The van der Waals surface area contributed by atoms with E-state index in [2.05, 4.69) is 10.0 Å². The number of hydrogen-bond donors (Lipinski definition) is 2. The maximum atomic E-state index is 12.9. The summed E-state index contributed by atoms with van der Waals surface area (Å²) >= 11 is 11.9. The van der Waals surface area contributed by atoms with Crippen LogP contribution in [0.4, 0.5) is 11.4 Å². The third-order valence-electron chi connectivity index (χ3n) is 4.02. The Morgan fingerprint density at radius 3 is 2.37 bits per heavy atom. The predicted octanol–water partition coefficient (Wildman–Crippen LogP) is 5.45. The van der Waals surface area contributed by atoms with Crippen LogP contribution in [0.25, 0.3) is 0 Å². The predicted molar refractivity (Wildman–Crippen MR) is 119 cm³/mol. The Morgan fingerprint density at radius 1 is 0.967 bits per heavy atom. The molecule has 156 valence electrons. The topological polar surface area (TPSA) is 84.5 Å². The molecule has 9 heteroatoms. The van der Waals surface area contributed by atoms with Gasteiger partial charge in [0.2, 0.25) is 0 Å². The van der Waals surface area contributed by atoms with Gasteiger partial charge in [-0.25, -0.2) is 8.42 Å². The van der Waals surface area contributed by atoms with Gasteiger partial charge in [-0.1, -0.05) is 41.4 Å². The number of anilines is 2. The van der Waals surface area contributed by atoms with Crippen molar-refractivity contribution >= 4 is 50.5 Å². The maximum absolute atomic E-state index is 12.9. The zero-order chi connectivity index (χ0) is 21.7. The summed E-state index contributed by atoms with van der Waals surface area (Å²) in [4.78, 5) is 12.5. The molecule has 0 fully saturated rings. The molecule has 0 aliphatic heterocycles. The van der Waals surface area contributed by atoms with E-state index in [9.17, 15) is 13.2 Å². The van der Waals surface area contributed by atoms with Crippen molar-refractivity contribution in [3.8, 4) is 5.75 Å². The van der Waals surface area contributed by atoms with Crippen LogP contribution >= 0.6 is 23.2 Å². The van der Waals surface area contributed by atoms with Gasteiger partial charge in [0, 0.05) is 10.6 Å². The number of benzene rings is 3. The van der Waals surface area contributed by atoms with Crippen LogP contribution in [0.2, 0.25) is 10.0 Å². The Labute approximate surface area is 184 Å². The van der Waals surface area contributed by atoms with E-state index in [1.807, 2.05) is 0 Å². The van der Waals surface area contributed by atoms with Crippen molar-refractivity contribution in [2.75, 3.05) is 16.6 Å². The SMILES string of the molecule is CCOc1ccc(S(=O)(=O)Nc2ccc(Cl)cc2Cl)cc1NC(=O)c1ccccc1. The number of rotatable bonds is 7. The average molecular weight is 465 g/mol. The zero-order valence-corrected chi connectivity index (χ0v) is 18.2. The Kier molecular flexibility index (Phi) is 6.87. The number of carbonyl (C=O) groups is 1. The van der Waals surface area contributed by atoms with E-state index < -0.39 is 10.0 Å². The summed E-state index contributed by atoms with van der Waals surface area (Å²) in [5.74, 6) is -0.0370. The monoisotopic (exact) mass is 464 g/mol. The molecule has 0 saturated heterocycles. The molecule has 3 rings (SSSR count). The smallest absolute Gasteiger partial charge is 0.262 e. The van der Waals surface area contributed by atoms with Gasteiger partial charge in [0.05, 0.1) is 27.9 Å². The molecule has 0 saturated carbocycles. The Morgan fingerprint density at radius 2 is 1.70 bits per heavy atom. The van der Waals surface area contributed by atoms with Gasteiger partial charge in [0.1, 0.15) is 5.75 Å². The Hall–Kier alpha value is -2.74. The van der Waals surface area contributed by atoms with Crippen LogP contribution in [0.15, 0.2) is 71.6 Å². The largest absolute Gasteiger partial charge is 0.492 e. The van der Waals surface area contributed by atoms with Crippen molar-refractivity contribution in [3.05, 3.63) is 82.3 Å². The van der Waals surface area contributed by atoms with Gasteiger partial charge in [-0.05, 0) is 55.5 Å². The number of halogens is 2. The molecule has 3 aromatic rings. The van der Waals surface area contributed by atoms with Crippen LogP contribution in [0.3, 0.4) is 0 Å². The molecule has 6 nitrogen and oxygen atoms in total. The Bertz CT molecular complexity index is 1170. The molecule has 0 spiro atoms. The quantitative estimate of drug-likeness (QED) is 0.486. The van der Waals surface area contributed by atoms with E-state index in [1.165, 1.54) is 36.4 Å². The van der Waals surface area contributed by atoms with Gasteiger partial charge < -0.3 is 10.1 Å². The summed E-state index contributed by atoms with van der Waals surface area (Å²) in [7, 11) is -3.99. The van der Waals surface area contributed by atoms with Gasteiger partial charge in [0.25, 0.3) is 15.9 Å². The Balaban J connectivity index is 1.93. The van der Waals surface area contributed by atoms with E-state index >= 15 is 0 Å². The molecule has 3 aromatic carbocycles. The second-order valence-electron chi connectivity index (χ2n) is 6.14. The molecular weight excluding hydrogens is 447 g/mol. The van der Waals surface area contributed by atoms with Crippen LogP contribution in [0.5, 0.6) is 5.75 Å². The first kappa shape index (κ1) is 22.0. The van der Waals surface area contributed by atoms with Crippen molar-refractivity contribution in [3.63, 3.8) is 0 Å². The van der Waals surface area contributed by atoms with Crippen molar-refractivity contribution in [1.82, 2.24) is 0 Å². The normalized spacial score (nSPS) is 11.0. The molecular formula is C21H18Cl2N2O4S. The number of ether oxygens (including phenoxy) is 1. The van der Waals surface area contributed by atoms with Crippen LogP contribution < -0.4 is 14.8 Å². The number of amides is 1. The summed E-state index contributed by atoms with van der Waals surface area (Å²) in [5, 5.41) is 3.25. The number of hydrogen-bond acceptors (Lipinski definition) is 4. The molecule has 2 N–H and O–H groups in total. The molecule has 0 heterocycles. The van der Waals surface area contributed by atoms with Gasteiger partial charge in [-0.2, -0.15) is 0 Å². The van der Waals surface area contributed by atoms with E-state index in [1.54, 1.807) is 37.3 Å². The molecule has 0 aromatic heterocycles. The second kappa shape index (κ2) is 9.38. The molecule has 0 bridgehead atoms. The van der Waals surface area contributed by atoms with Crippen molar-refractivity contribution in [1.29, 1.82) is 0 Å². The number of nitrogens with one attached hydrogen (secondary N) is 2. The summed E-state index contributed by atoms with van der Waals surface area (Å²) in [6.07, 6.45) is 0. The highest BCUT2D eigenvalue weighted by Crippen LogP contribution is 2.31. The summed E-state index contributed by atoms with van der Waals surface area (Å²) in [6, 6.07) is 17.2. The highest BCUT2D eigenvalue weighted by molar-refractivity contribution is 7.92. The lowest BCUT2D eigenvalue weighted by atomic mass is 10.2. The first-order valence-corrected chi connectivity index (χ1v) is 11.1. The summed E-state index contributed by atoms with van der Waals surface area (Å²) in [5.41, 5.74) is 0.847. The lowest BCUT2D eigenvalue weighted by Crippen LogP contribution is -2.16. The summed E-state index contributed by atoms with van der Waals surface area (Å²) in [6.45, 7) is 2.14. The number of carbonyl (C=O) groups excluding carboxylic acids is 1.